The van der Waals surface area contributed by atoms with Gasteiger partial charge in [0.1, 0.15) is 0 Å². The Morgan fingerprint density at radius 2 is 1.59 bits per heavy atom. The standard InChI is InChI=1S/C22H28N2O8/c1-24(2)11-10-23-13-14-8-7-9-15(14)18(21(27)31-5)19(22(28)32-6)16(20(26)30-4)12-17(25)29-3/h7-9,12-13,15H,10-11H2,1-6H3/b16-12-,19-18+,23-13?. The topological polar surface area (TPSA) is 121 Å². The molecule has 0 bridgehead atoms. The Hall–Kier alpha value is -3.53. The molecular formula is C22H28N2O8. The first kappa shape index (κ1) is 26.5. The molecule has 1 aliphatic rings. The van der Waals surface area contributed by atoms with E-state index in [9.17, 15) is 19.2 Å². The van der Waals surface area contributed by atoms with Gasteiger partial charge in [-0.3, -0.25) is 4.99 Å². The van der Waals surface area contributed by atoms with Crippen LogP contribution in [0.2, 0.25) is 0 Å². The molecule has 0 heterocycles. The molecule has 174 valence electrons. The van der Waals surface area contributed by atoms with Crippen molar-refractivity contribution in [2.75, 3.05) is 55.6 Å². The van der Waals surface area contributed by atoms with Crippen LogP contribution in [0.25, 0.3) is 0 Å². The van der Waals surface area contributed by atoms with Gasteiger partial charge in [-0.15, -0.1) is 0 Å². The van der Waals surface area contributed by atoms with Gasteiger partial charge in [0, 0.05) is 24.8 Å². The van der Waals surface area contributed by atoms with E-state index in [-0.39, 0.29) is 5.57 Å². The minimum atomic E-state index is -1.04. The van der Waals surface area contributed by atoms with E-state index >= 15 is 0 Å². The summed E-state index contributed by atoms with van der Waals surface area (Å²) in [6, 6.07) is 0. The Bertz CT molecular complexity index is 894. The molecule has 1 rings (SSSR count). The zero-order valence-corrected chi connectivity index (χ0v) is 19.0. The maximum atomic E-state index is 12.8. The molecule has 1 aliphatic carbocycles. The number of carbonyl (C=O) groups excluding carboxylic acids is 4. The highest BCUT2D eigenvalue weighted by molar-refractivity contribution is 6.14. The summed E-state index contributed by atoms with van der Waals surface area (Å²) in [5, 5.41) is 0. The van der Waals surface area contributed by atoms with Gasteiger partial charge in [0.2, 0.25) is 0 Å². The molecule has 0 N–H and O–H groups in total. The predicted molar refractivity (Wildman–Crippen MR) is 116 cm³/mol. The molecular weight excluding hydrogens is 420 g/mol. The van der Waals surface area contributed by atoms with Gasteiger partial charge in [-0.1, -0.05) is 18.2 Å². The second kappa shape index (κ2) is 13.0. The van der Waals surface area contributed by atoms with E-state index in [4.69, 9.17) is 14.2 Å². The van der Waals surface area contributed by atoms with Gasteiger partial charge in [-0.2, -0.15) is 0 Å². The largest absolute Gasteiger partial charge is 0.466 e. The van der Waals surface area contributed by atoms with Crippen LogP contribution in [-0.2, 0) is 38.1 Å². The average Bonchev–Trinajstić information content (AvgIpc) is 3.24. The van der Waals surface area contributed by atoms with Crippen molar-refractivity contribution in [3.05, 3.63) is 46.6 Å². The van der Waals surface area contributed by atoms with Crippen molar-refractivity contribution in [3.8, 4) is 0 Å². The van der Waals surface area contributed by atoms with Crippen LogP contribution in [0.15, 0.2) is 51.6 Å². The fraction of sp³-hybridized carbons (Fsp3) is 0.409. The fourth-order valence-electron chi connectivity index (χ4n) is 2.79. The summed E-state index contributed by atoms with van der Waals surface area (Å²) in [4.78, 5) is 56.2. The molecule has 10 nitrogen and oxygen atoms in total. The fourth-order valence-corrected chi connectivity index (χ4v) is 2.79. The van der Waals surface area contributed by atoms with Crippen LogP contribution < -0.4 is 0 Å². The number of allylic oxidation sites excluding steroid dienone is 4. The molecule has 0 saturated heterocycles. The highest BCUT2D eigenvalue weighted by Gasteiger charge is 2.36. The quantitative estimate of drug-likeness (QED) is 0.156. The van der Waals surface area contributed by atoms with E-state index < -0.39 is 40.9 Å². The van der Waals surface area contributed by atoms with Crippen LogP contribution in [0, 0.1) is 5.92 Å². The van der Waals surface area contributed by atoms with Gasteiger partial charge >= 0.3 is 23.9 Å². The molecule has 32 heavy (non-hydrogen) atoms. The lowest BCUT2D eigenvalue weighted by molar-refractivity contribution is -0.141. The molecule has 0 radical (unpaired) electrons. The highest BCUT2D eigenvalue weighted by Crippen LogP contribution is 2.32. The van der Waals surface area contributed by atoms with Gasteiger partial charge in [0.05, 0.1) is 51.7 Å². The summed E-state index contributed by atoms with van der Waals surface area (Å²) >= 11 is 0. The van der Waals surface area contributed by atoms with E-state index in [1.807, 2.05) is 19.0 Å². The summed E-state index contributed by atoms with van der Waals surface area (Å²) in [5.74, 6) is -4.68. The van der Waals surface area contributed by atoms with E-state index in [0.717, 1.165) is 34.5 Å². The van der Waals surface area contributed by atoms with Gasteiger partial charge in [0.15, 0.2) is 0 Å². The molecule has 0 aromatic heterocycles. The number of ether oxygens (including phenoxy) is 4. The molecule has 10 heteroatoms. The smallest absolute Gasteiger partial charge is 0.339 e. The van der Waals surface area contributed by atoms with Crippen molar-refractivity contribution >= 4 is 30.1 Å². The number of methoxy groups -OCH3 is 4. The number of hydrogen-bond acceptors (Lipinski definition) is 10. The Morgan fingerprint density at radius 1 is 0.969 bits per heavy atom. The normalized spacial score (nSPS) is 16.5. The number of likely N-dealkylation sites (N-methyl/N-ethyl adjacent to an activating group) is 1. The zero-order chi connectivity index (χ0) is 24.3. The number of carbonyl (C=O) groups is 4. The van der Waals surface area contributed by atoms with Crippen molar-refractivity contribution in [2.45, 2.75) is 0 Å². The van der Waals surface area contributed by atoms with Crippen molar-refractivity contribution in [3.63, 3.8) is 0 Å². The van der Waals surface area contributed by atoms with Crippen LogP contribution >= 0.6 is 0 Å². The minimum Gasteiger partial charge on any atom is -0.466 e. The van der Waals surface area contributed by atoms with Crippen LogP contribution in [0.5, 0.6) is 0 Å². The van der Waals surface area contributed by atoms with Crippen LogP contribution in [0.1, 0.15) is 0 Å². The third kappa shape index (κ3) is 7.02. The molecule has 0 aromatic carbocycles. The minimum absolute atomic E-state index is 0.209. The Kier molecular flexibility index (Phi) is 10.8. The zero-order valence-electron chi connectivity index (χ0n) is 19.0. The summed E-state index contributed by atoms with van der Waals surface area (Å²) in [5.41, 5.74) is -0.608. The molecule has 0 saturated carbocycles. The lowest BCUT2D eigenvalue weighted by atomic mass is 9.87. The second-order valence-corrected chi connectivity index (χ2v) is 6.71. The third-order valence-corrected chi connectivity index (χ3v) is 4.38. The van der Waals surface area contributed by atoms with E-state index in [2.05, 4.69) is 9.73 Å². The lowest BCUT2D eigenvalue weighted by Gasteiger charge is -2.19. The summed E-state index contributed by atoms with van der Waals surface area (Å²) in [6.07, 6.45) is 7.36. The number of aliphatic imine (C=N–C) groups is 1. The first-order valence-corrected chi connectivity index (χ1v) is 9.53. The average molecular weight is 448 g/mol. The van der Waals surface area contributed by atoms with E-state index in [1.165, 1.54) is 0 Å². The SMILES string of the molecule is COC(=O)/C=C(C(=O)OC)/C(C(=O)OC)=C(\C(=O)OC)C1C=CC=C1C=NCCN(C)C. The molecule has 0 spiro atoms. The summed E-state index contributed by atoms with van der Waals surface area (Å²) < 4.78 is 19.0. The van der Waals surface area contributed by atoms with Crippen molar-refractivity contribution in [1.82, 2.24) is 4.90 Å². The molecule has 1 atom stereocenters. The Labute approximate surface area is 186 Å². The maximum Gasteiger partial charge on any atom is 0.339 e. The van der Waals surface area contributed by atoms with Gasteiger partial charge < -0.3 is 23.8 Å². The molecule has 1 unspecified atom stereocenters. The molecule has 0 amide bonds. The van der Waals surface area contributed by atoms with Gasteiger partial charge in [0.25, 0.3) is 0 Å². The number of rotatable bonds is 10. The molecule has 0 aliphatic heterocycles. The lowest BCUT2D eigenvalue weighted by Crippen LogP contribution is -2.25. The first-order valence-electron chi connectivity index (χ1n) is 9.53. The second-order valence-electron chi connectivity index (χ2n) is 6.71. The Morgan fingerprint density at radius 3 is 2.12 bits per heavy atom. The summed E-state index contributed by atoms with van der Waals surface area (Å²) in [7, 11) is 8.20. The van der Waals surface area contributed by atoms with Gasteiger partial charge in [-0.05, 0) is 19.7 Å². The van der Waals surface area contributed by atoms with E-state index in [1.54, 1.807) is 24.4 Å². The molecule has 0 fully saturated rings. The monoisotopic (exact) mass is 448 g/mol. The maximum absolute atomic E-state index is 12.8. The van der Waals surface area contributed by atoms with Crippen molar-refractivity contribution in [2.24, 2.45) is 10.9 Å². The molecule has 0 aromatic rings. The third-order valence-electron chi connectivity index (χ3n) is 4.38. The Balaban J connectivity index is 3.71. The number of esters is 4. The summed E-state index contributed by atoms with van der Waals surface area (Å²) in [6.45, 7) is 1.22. The van der Waals surface area contributed by atoms with Crippen LogP contribution in [0.4, 0.5) is 0 Å². The van der Waals surface area contributed by atoms with Gasteiger partial charge in [-0.25, -0.2) is 19.2 Å². The number of nitrogens with zero attached hydrogens (tertiary/aromatic N) is 2. The highest BCUT2D eigenvalue weighted by atomic mass is 16.5. The first-order chi connectivity index (χ1) is 15.2. The van der Waals surface area contributed by atoms with E-state index in [0.29, 0.717) is 18.7 Å². The van der Waals surface area contributed by atoms with Crippen molar-refractivity contribution < 1.29 is 38.1 Å². The number of hydrogen-bond donors (Lipinski definition) is 0. The van der Waals surface area contributed by atoms with Crippen LogP contribution in [0.3, 0.4) is 0 Å². The predicted octanol–water partition coefficient (Wildman–Crippen LogP) is 0.646. The van der Waals surface area contributed by atoms with Crippen LogP contribution in [-0.4, -0.2) is 90.6 Å². The van der Waals surface area contributed by atoms with Crippen molar-refractivity contribution in [1.29, 1.82) is 0 Å².